The van der Waals surface area contributed by atoms with E-state index in [9.17, 15) is 13.2 Å². The van der Waals surface area contributed by atoms with Crippen LogP contribution in [0.5, 0.6) is 0 Å². The molecule has 0 fully saturated rings. The zero-order valence-corrected chi connectivity index (χ0v) is 18.5. The van der Waals surface area contributed by atoms with Gasteiger partial charge >= 0.3 is 0 Å². The fraction of sp³-hybridized carbons (Fsp3) is 0.421. The quantitative estimate of drug-likeness (QED) is 0.531. The smallest absolute Gasteiger partial charge is 0.300 e. The molecular formula is C19H24N4O4S2. The highest BCUT2D eigenvalue weighted by Crippen LogP contribution is 2.22. The van der Waals surface area contributed by atoms with E-state index in [1.165, 1.54) is 17.6 Å². The molecule has 156 valence electrons. The number of benzene rings is 1. The van der Waals surface area contributed by atoms with Gasteiger partial charge in [-0.2, -0.15) is 10.1 Å². The first kappa shape index (κ1) is 21.4. The monoisotopic (exact) mass is 436 g/mol. The van der Waals surface area contributed by atoms with Crippen molar-refractivity contribution in [1.82, 2.24) is 14.3 Å². The Balaban J connectivity index is 2.09. The Labute approximate surface area is 173 Å². The Morgan fingerprint density at radius 3 is 2.69 bits per heavy atom. The van der Waals surface area contributed by atoms with Crippen LogP contribution in [0.1, 0.15) is 37.3 Å². The van der Waals surface area contributed by atoms with Crippen molar-refractivity contribution in [3.05, 3.63) is 41.0 Å². The summed E-state index contributed by atoms with van der Waals surface area (Å²) in [5.41, 5.74) is 1.07. The minimum atomic E-state index is -3.33. The fourth-order valence-corrected chi connectivity index (χ4v) is 4.59. The summed E-state index contributed by atoms with van der Waals surface area (Å²) in [6.07, 6.45) is 2.92. The number of hydrogen-bond acceptors (Lipinski definition) is 6. The van der Waals surface area contributed by atoms with Gasteiger partial charge < -0.3 is 9.30 Å². The van der Waals surface area contributed by atoms with Gasteiger partial charge in [-0.25, -0.2) is 8.42 Å². The molecule has 0 radical (unpaired) electrons. The molecule has 2 aromatic heterocycles. The third kappa shape index (κ3) is 4.82. The Morgan fingerprint density at radius 2 is 2.07 bits per heavy atom. The van der Waals surface area contributed by atoms with E-state index in [1.807, 2.05) is 25.3 Å². The van der Waals surface area contributed by atoms with Gasteiger partial charge in [0.05, 0.1) is 21.7 Å². The summed E-state index contributed by atoms with van der Waals surface area (Å²) >= 11 is 1.27. The summed E-state index contributed by atoms with van der Waals surface area (Å²) < 4.78 is 33.5. The zero-order chi connectivity index (χ0) is 21.2. The van der Waals surface area contributed by atoms with Crippen LogP contribution in [-0.4, -0.2) is 48.1 Å². The second-order valence-electron chi connectivity index (χ2n) is 6.83. The van der Waals surface area contributed by atoms with Crippen LogP contribution in [0.2, 0.25) is 0 Å². The van der Waals surface area contributed by atoms with Gasteiger partial charge in [0, 0.05) is 31.6 Å². The highest BCUT2D eigenvalue weighted by Gasteiger charge is 2.14. The third-order valence-electron chi connectivity index (χ3n) is 4.30. The molecule has 0 spiro atoms. The number of thiazole rings is 1. The Bertz CT molecular complexity index is 1200. The number of carbonyl (C=O) groups is 1. The lowest BCUT2D eigenvalue weighted by molar-refractivity contribution is 0.0991. The molecule has 0 aliphatic rings. The van der Waals surface area contributed by atoms with Crippen LogP contribution in [0.15, 0.2) is 40.4 Å². The summed E-state index contributed by atoms with van der Waals surface area (Å²) in [7, 11) is -3.33. The van der Waals surface area contributed by atoms with Gasteiger partial charge in [-0.1, -0.05) is 11.3 Å². The Kier molecular flexibility index (Phi) is 6.35. The van der Waals surface area contributed by atoms with Crippen LogP contribution in [0, 0.1) is 0 Å². The number of sulfone groups is 1. The minimum absolute atomic E-state index is 0.145. The van der Waals surface area contributed by atoms with Crippen LogP contribution in [0.4, 0.5) is 0 Å². The predicted molar refractivity (Wildman–Crippen MR) is 112 cm³/mol. The Morgan fingerprint density at radius 1 is 1.31 bits per heavy atom. The summed E-state index contributed by atoms with van der Waals surface area (Å²) in [6.45, 7) is 7.41. The van der Waals surface area contributed by atoms with Crippen LogP contribution >= 0.6 is 11.3 Å². The van der Waals surface area contributed by atoms with E-state index in [0.717, 1.165) is 10.2 Å². The second-order valence-corrected chi connectivity index (χ2v) is 9.85. The second kappa shape index (κ2) is 8.60. The molecule has 0 N–H and O–H groups in total. The summed E-state index contributed by atoms with van der Waals surface area (Å²) in [4.78, 5) is 17.6. The maximum Gasteiger partial charge on any atom is 0.300 e. The summed E-state index contributed by atoms with van der Waals surface area (Å²) in [5, 5.41) is 4.28. The van der Waals surface area contributed by atoms with Crippen molar-refractivity contribution < 1.29 is 17.9 Å². The minimum Gasteiger partial charge on any atom is -0.380 e. The van der Waals surface area contributed by atoms with Crippen molar-refractivity contribution in [2.45, 2.75) is 38.3 Å². The number of ether oxygens (including phenoxy) is 1. The standard InChI is InChI=1S/C19H24N4O4S2/c1-5-27-11-10-22-16-7-6-14(29(4,25)26)12-17(16)28-19(22)20-18(24)15-8-9-23(21-15)13(2)3/h6-9,12-13H,5,10-11H2,1-4H3. The molecule has 0 aliphatic heterocycles. The van der Waals surface area contributed by atoms with E-state index in [2.05, 4.69) is 10.1 Å². The van der Waals surface area contributed by atoms with Crippen molar-refractivity contribution in [3.8, 4) is 0 Å². The number of fused-ring (bicyclic) bond motifs is 1. The van der Waals surface area contributed by atoms with Gasteiger partial charge in [0.1, 0.15) is 0 Å². The van der Waals surface area contributed by atoms with Gasteiger partial charge in [0.2, 0.25) is 0 Å². The van der Waals surface area contributed by atoms with Crippen LogP contribution < -0.4 is 4.80 Å². The average molecular weight is 437 g/mol. The normalized spacial score (nSPS) is 12.9. The van der Waals surface area contributed by atoms with E-state index in [4.69, 9.17) is 4.74 Å². The van der Waals surface area contributed by atoms with Gasteiger partial charge in [0.25, 0.3) is 5.91 Å². The lowest BCUT2D eigenvalue weighted by Gasteiger charge is -2.06. The number of aromatic nitrogens is 3. The van der Waals surface area contributed by atoms with E-state index in [0.29, 0.717) is 24.6 Å². The van der Waals surface area contributed by atoms with Crippen molar-refractivity contribution in [3.63, 3.8) is 0 Å². The van der Waals surface area contributed by atoms with Crippen LogP contribution in [0.25, 0.3) is 10.2 Å². The Hall–Kier alpha value is -2.30. The first-order valence-electron chi connectivity index (χ1n) is 9.26. The number of amides is 1. The van der Waals surface area contributed by atoms with Crippen molar-refractivity contribution in [2.24, 2.45) is 4.99 Å². The first-order chi connectivity index (χ1) is 13.7. The number of hydrogen-bond donors (Lipinski definition) is 0. The molecule has 0 aliphatic carbocycles. The topological polar surface area (TPSA) is 95.6 Å². The van der Waals surface area contributed by atoms with Gasteiger partial charge in [0.15, 0.2) is 20.3 Å². The van der Waals surface area contributed by atoms with E-state index in [1.54, 1.807) is 35.1 Å². The molecule has 10 heteroatoms. The highest BCUT2D eigenvalue weighted by molar-refractivity contribution is 7.90. The lowest BCUT2D eigenvalue weighted by atomic mass is 10.3. The van der Waals surface area contributed by atoms with E-state index in [-0.39, 0.29) is 16.6 Å². The number of nitrogens with zero attached hydrogens (tertiary/aromatic N) is 4. The zero-order valence-electron chi connectivity index (χ0n) is 16.8. The SMILES string of the molecule is CCOCCn1c(=NC(=O)c2ccn(C(C)C)n2)sc2cc(S(C)(=O)=O)ccc21. The van der Waals surface area contributed by atoms with E-state index >= 15 is 0 Å². The van der Waals surface area contributed by atoms with Crippen molar-refractivity contribution in [2.75, 3.05) is 19.5 Å². The lowest BCUT2D eigenvalue weighted by Crippen LogP contribution is -2.20. The molecule has 29 heavy (non-hydrogen) atoms. The molecule has 0 saturated carbocycles. The largest absolute Gasteiger partial charge is 0.380 e. The molecule has 1 aromatic carbocycles. The molecule has 1 amide bonds. The molecular weight excluding hydrogens is 412 g/mol. The van der Waals surface area contributed by atoms with Gasteiger partial charge in [-0.3, -0.25) is 9.48 Å². The van der Waals surface area contributed by atoms with E-state index < -0.39 is 15.7 Å². The molecule has 0 unspecified atom stereocenters. The molecule has 8 nitrogen and oxygen atoms in total. The maximum absolute atomic E-state index is 12.7. The molecule has 0 bridgehead atoms. The molecule has 0 atom stereocenters. The van der Waals surface area contributed by atoms with Crippen LogP contribution in [0.3, 0.4) is 0 Å². The molecule has 0 saturated heterocycles. The molecule has 3 aromatic rings. The van der Waals surface area contributed by atoms with Crippen molar-refractivity contribution >= 4 is 37.3 Å². The average Bonchev–Trinajstić information content (AvgIpc) is 3.26. The van der Waals surface area contributed by atoms with Gasteiger partial charge in [-0.05, 0) is 45.0 Å². The summed E-state index contributed by atoms with van der Waals surface area (Å²) in [6, 6.07) is 6.71. The van der Waals surface area contributed by atoms with Gasteiger partial charge in [-0.15, -0.1) is 0 Å². The molecule has 2 heterocycles. The first-order valence-corrected chi connectivity index (χ1v) is 12.0. The molecule has 3 rings (SSSR count). The number of rotatable bonds is 7. The fourth-order valence-electron chi connectivity index (χ4n) is 2.77. The number of carbonyl (C=O) groups excluding carboxylic acids is 1. The summed E-state index contributed by atoms with van der Waals surface area (Å²) in [5.74, 6) is -0.440. The third-order valence-corrected chi connectivity index (χ3v) is 6.45. The van der Waals surface area contributed by atoms with Crippen LogP contribution in [-0.2, 0) is 21.1 Å². The van der Waals surface area contributed by atoms with Crippen molar-refractivity contribution in [1.29, 1.82) is 0 Å². The maximum atomic E-state index is 12.7. The predicted octanol–water partition coefficient (Wildman–Crippen LogP) is 2.66. The highest BCUT2D eigenvalue weighted by atomic mass is 32.2.